The van der Waals surface area contributed by atoms with Gasteiger partial charge in [-0.2, -0.15) is 5.10 Å². The molecule has 0 amide bonds. The van der Waals surface area contributed by atoms with Gasteiger partial charge in [-0.15, -0.1) is 0 Å². The monoisotopic (exact) mass is 204 g/mol. The van der Waals surface area contributed by atoms with Crippen LogP contribution in [0, 0.1) is 13.8 Å². The van der Waals surface area contributed by atoms with E-state index < -0.39 is 0 Å². The first-order chi connectivity index (χ1) is 7.16. The van der Waals surface area contributed by atoms with E-state index in [-0.39, 0.29) is 0 Å². The van der Waals surface area contributed by atoms with Crippen molar-refractivity contribution in [2.75, 3.05) is 5.43 Å². The molecule has 0 aliphatic carbocycles. The highest BCUT2D eigenvalue weighted by atomic mass is 15.4. The predicted octanol–water partition coefficient (Wildman–Crippen LogP) is 1.58. The van der Waals surface area contributed by atoms with Crippen LogP contribution in [0.25, 0.3) is 0 Å². The Labute approximate surface area is 89.5 Å². The summed E-state index contributed by atoms with van der Waals surface area (Å²) in [6, 6.07) is 4.21. The van der Waals surface area contributed by atoms with Crippen LogP contribution in [0.4, 0.5) is 0 Å². The van der Waals surface area contributed by atoms with Crippen LogP contribution in [0.2, 0.25) is 0 Å². The first-order valence-electron chi connectivity index (χ1n) is 5.03. The highest BCUT2D eigenvalue weighted by Crippen LogP contribution is 2.05. The van der Waals surface area contributed by atoms with Gasteiger partial charge in [0, 0.05) is 30.2 Å². The largest absolute Gasteiger partial charge is 0.321 e. The molecule has 1 N–H and O–H groups in total. The van der Waals surface area contributed by atoms with Crippen molar-refractivity contribution in [3.05, 3.63) is 41.5 Å². The highest BCUT2D eigenvalue weighted by Gasteiger charge is 2.00. The molecule has 15 heavy (non-hydrogen) atoms. The van der Waals surface area contributed by atoms with Gasteiger partial charge in [0.2, 0.25) is 0 Å². The second kappa shape index (κ2) is 3.81. The van der Waals surface area contributed by atoms with Crippen molar-refractivity contribution in [2.24, 2.45) is 7.05 Å². The molecule has 4 nitrogen and oxygen atoms in total. The van der Waals surface area contributed by atoms with Crippen LogP contribution >= 0.6 is 0 Å². The fourth-order valence-corrected chi connectivity index (χ4v) is 1.65. The summed E-state index contributed by atoms with van der Waals surface area (Å²) >= 11 is 0. The van der Waals surface area contributed by atoms with E-state index in [0.29, 0.717) is 0 Å². The van der Waals surface area contributed by atoms with Crippen LogP contribution in [0.1, 0.15) is 17.0 Å². The maximum absolute atomic E-state index is 4.13. The van der Waals surface area contributed by atoms with Crippen LogP contribution in [0.15, 0.2) is 24.5 Å². The summed E-state index contributed by atoms with van der Waals surface area (Å²) in [5, 5.41) is 4.13. The summed E-state index contributed by atoms with van der Waals surface area (Å²) in [5.74, 6) is 0. The van der Waals surface area contributed by atoms with E-state index in [1.807, 2.05) is 24.1 Å². The Morgan fingerprint density at radius 1 is 1.27 bits per heavy atom. The molecule has 80 valence electrons. The first-order valence-corrected chi connectivity index (χ1v) is 5.03. The lowest BCUT2D eigenvalue weighted by atomic mass is 10.4. The van der Waals surface area contributed by atoms with Gasteiger partial charge in [-0.3, -0.25) is 9.36 Å². The fourth-order valence-electron chi connectivity index (χ4n) is 1.65. The molecule has 0 spiro atoms. The van der Waals surface area contributed by atoms with Crippen molar-refractivity contribution in [1.82, 2.24) is 14.5 Å². The van der Waals surface area contributed by atoms with Crippen molar-refractivity contribution < 1.29 is 0 Å². The zero-order valence-electron chi connectivity index (χ0n) is 9.36. The Balaban J connectivity index is 2.05. The molecule has 2 heterocycles. The van der Waals surface area contributed by atoms with E-state index in [9.17, 15) is 0 Å². The molecule has 2 rings (SSSR count). The molecule has 0 bridgehead atoms. The topological polar surface area (TPSA) is 34.8 Å². The lowest BCUT2D eigenvalue weighted by Crippen LogP contribution is -2.16. The smallest absolute Gasteiger partial charge is 0.0595 e. The third-order valence-corrected chi connectivity index (χ3v) is 2.47. The maximum atomic E-state index is 4.13. The minimum atomic E-state index is 0.796. The Bertz CT molecular complexity index is 433. The highest BCUT2D eigenvalue weighted by molar-refractivity contribution is 5.16. The van der Waals surface area contributed by atoms with Crippen molar-refractivity contribution in [3.63, 3.8) is 0 Å². The van der Waals surface area contributed by atoms with Crippen molar-refractivity contribution in [1.29, 1.82) is 0 Å². The molecule has 0 aliphatic heterocycles. The molecular formula is C11H16N4. The van der Waals surface area contributed by atoms with Gasteiger partial charge in [0.1, 0.15) is 0 Å². The van der Waals surface area contributed by atoms with Crippen LogP contribution in [-0.2, 0) is 13.6 Å². The molecule has 0 aromatic carbocycles. The SMILES string of the molecule is Cc1ccc(C)n1NCc1cnn(C)c1. The molecule has 0 fully saturated rings. The maximum Gasteiger partial charge on any atom is 0.0595 e. The lowest BCUT2D eigenvalue weighted by molar-refractivity contribution is 0.764. The van der Waals surface area contributed by atoms with E-state index in [0.717, 1.165) is 6.54 Å². The Hall–Kier alpha value is -1.71. The summed E-state index contributed by atoms with van der Waals surface area (Å²) in [7, 11) is 1.93. The molecule has 0 saturated heterocycles. The van der Waals surface area contributed by atoms with Crippen LogP contribution < -0.4 is 5.43 Å². The summed E-state index contributed by atoms with van der Waals surface area (Å²) in [6.45, 7) is 4.97. The van der Waals surface area contributed by atoms with E-state index in [1.54, 1.807) is 0 Å². The van der Waals surface area contributed by atoms with Gasteiger partial charge in [-0.05, 0) is 26.0 Å². The minimum absolute atomic E-state index is 0.796. The van der Waals surface area contributed by atoms with Gasteiger partial charge >= 0.3 is 0 Å². The summed E-state index contributed by atoms with van der Waals surface area (Å²) in [4.78, 5) is 0. The normalized spacial score (nSPS) is 10.6. The number of hydrogen-bond acceptors (Lipinski definition) is 2. The van der Waals surface area contributed by atoms with Crippen LogP contribution in [0.3, 0.4) is 0 Å². The van der Waals surface area contributed by atoms with Crippen molar-refractivity contribution in [3.8, 4) is 0 Å². The number of aryl methyl sites for hydroxylation is 3. The summed E-state index contributed by atoms with van der Waals surface area (Å²) < 4.78 is 3.90. The van der Waals surface area contributed by atoms with Gasteiger partial charge in [0.05, 0.1) is 12.7 Å². The van der Waals surface area contributed by atoms with Gasteiger partial charge in [0.15, 0.2) is 0 Å². The number of nitrogens with one attached hydrogen (secondary N) is 1. The zero-order chi connectivity index (χ0) is 10.8. The third-order valence-electron chi connectivity index (χ3n) is 2.47. The minimum Gasteiger partial charge on any atom is -0.321 e. The van der Waals surface area contributed by atoms with Crippen LogP contribution in [-0.4, -0.2) is 14.5 Å². The van der Waals surface area contributed by atoms with E-state index in [4.69, 9.17) is 0 Å². The molecule has 0 saturated carbocycles. The van der Waals surface area contributed by atoms with Gasteiger partial charge in [-0.1, -0.05) is 0 Å². The number of nitrogens with zero attached hydrogens (tertiary/aromatic N) is 3. The molecule has 2 aromatic rings. The molecular weight excluding hydrogens is 188 g/mol. The second-order valence-electron chi connectivity index (χ2n) is 3.81. The van der Waals surface area contributed by atoms with E-state index >= 15 is 0 Å². The molecule has 2 aromatic heterocycles. The van der Waals surface area contributed by atoms with Crippen molar-refractivity contribution >= 4 is 0 Å². The van der Waals surface area contributed by atoms with Crippen LogP contribution in [0.5, 0.6) is 0 Å². The van der Waals surface area contributed by atoms with E-state index in [1.165, 1.54) is 17.0 Å². The number of hydrogen-bond donors (Lipinski definition) is 1. The summed E-state index contributed by atoms with van der Waals surface area (Å²) in [5.41, 5.74) is 6.98. The molecule has 0 aliphatic rings. The Morgan fingerprint density at radius 2 is 1.93 bits per heavy atom. The van der Waals surface area contributed by atoms with Gasteiger partial charge < -0.3 is 5.43 Å². The average Bonchev–Trinajstić information content (AvgIpc) is 2.73. The number of rotatable bonds is 3. The Kier molecular flexibility index (Phi) is 2.49. The van der Waals surface area contributed by atoms with Gasteiger partial charge in [-0.25, -0.2) is 0 Å². The molecule has 0 unspecified atom stereocenters. The molecule has 0 radical (unpaired) electrons. The summed E-state index contributed by atoms with van der Waals surface area (Å²) in [6.07, 6.45) is 3.89. The lowest BCUT2D eigenvalue weighted by Gasteiger charge is -2.11. The molecule has 4 heteroatoms. The molecule has 0 atom stereocenters. The standard InChI is InChI=1S/C11H16N4/c1-9-4-5-10(2)15(9)13-7-11-6-12-14(3)8-11/h4-6,8,13H,7H2,1-3H3. The quantitative estimate of drug-likeness (QED) is 0.823. The predicted molar refractivity (Wildman–Crippen MR) is 60.2 cm³/mol. The zero-order valence-corrected chi connectivity index (χ0v) is 9.36. The average molecular weight is 204 g/mol. The third kappa shape index (κ3) is 2.03. The second-order valence-corrected chi connectivity index (χ2v) is 3.81. The first kappa shape index (κ1) is 9.83. The van der Waals surface area contributed by atoms with Gasteiger partial charge in [0.25, 0.3) is 0 Å². The van der Waals surface area contributed by atoms with E-state index in [2.05, 4.69) is 41.2 Å². The fraction of sp³-hybridized carbons (Fsp3) is 0.364. The Morgan fingerprint density at radius 3 is 2.47 bits per heavy atom. The number of aromatic nitrogens is 3. The van der Waals surface area contributed by atoms with Crippen molar-refractivity contribution in [2.45, 2.75) is 20.4 Å².